The number of amides is 1. The summed E-state index contributed by atoms with van der Waals surface area (Å²) < 4.78 is 32.7. The van der Waals surface area contributed by atoms with Crippen molar-refractivity contribution in [3.05, 3.63) is 66.2 Å². The van der Waals surface area contributed by atoms with Crippen LogP contribution >= 0.6 is 0 Å². The van der Waals surface area contributed by atoms with Crippen LogP contribution in [0.2, 0.25) is 0 Å². The molecule has 31 heavy (non-hydrogen) atoms. The summed E-state index contributed by atoms with van der Waals surface area (Å²) in [7, 11) is -3.38. The highest BCUT2D eigenvalue weighted by Crippen LogP contribution is 2.43. The predicted octanol–water partition coefficient (Wildman–Crippen LogP) is 3.18. The second-order valence-corrected chi connectivity index (χ2v) is 10.1. The zero-order valence-electron chi connectivity index (χ0n) is 17.4. The molecule has 2 aliphatic rings. The van der Waals surface area contributed by atoms with E-state index in [-0.39, 0.29) is 24.0 Å². The molecule has 8 heteroatoms. The van der Waals surface area contributed by atoms with Crippen molar-refractivity contribution < 1.29 is 17.9 Å². The van der Waals surface area contributed by atoms with Gasteiger partial charge in [-0.05, 0) is 37.0 Å². The molecule has 0 aromatic heterocycles. The van der Waals surface area contributed by atoms with Crippen molar-refractivity contribution in [2.75, 3.05) is 30.1 Å². The molecule has 1 heterocycles. The number of likely N-dealkylation sites (tertiary alicyclic amines) is 1. The maximum Gasteiger partial charge on any atom is 0.407 e. The lowest BCUT2D eigenvalue weighted by atomic mass is 10.1. The van der Waals surface area contributed by atoms with Gasteiger partial charge < -0.3 is 15.0 Å². The van der Waals surface area contributed by atoms with Crippen LogP contribution in [0.5, 0.6) is 0 Å². The van der Waals surface area contributed by atoms with Crippen LogP contribution in [0.15, 0.2) is 60.7 Å². The highest BCUT2D eigenvalue weighted by atomic mass is 32.2. The molecule has 0 radical (unpaired) electrons. The average molecular weight is 444 g/mol. The van der Waals surface area contributed by atoms with Crippen LogP contribution in [0, 0.1) is 0 Å². The van der Waals surface area contributed by atoms with Crippen molar-refractivity contribution in [1.82, 2.24) is 10.2 Å². The molecule has 2 aromatic rings. The molecule has 1 aliphatic carbocycles. The van der Waals surface area contributed by atoms with Gasteiger partial charge in [0.25, 0.3) is 0 Å². The van der Waals surface area contributed by atoms with Crippen LogP contribution in [0.25, 0.3) is 0 Å². The van der Waals surface area contributed by atoms with Crippen LogP contribution in [0.3, 0.4) is 0 Å². The molecule has 0 unspecified atom stereocenters. The van der Waals surface area contributed by atoms with Crippen molar-refractivity contribution in [2.45, 2.75) is 37.3 Å². The number of benzene rings is 2. The Labute approximate surface area is 183 Å². The average Bonchev–Trinajstić information content (AvgIpc) is 3.53. The maximum atomic E-state index is 12.3. The third-order valence-corrected chi connectivity index (χ3v) is 7.12. The summed E-state index contributed by atoms with van der Waals surface area (Å²) in [5.41, 5.74) is 1.79. The van der Waals surface area contributed by atoms with E-state index in [1.807, 2.05) is 24.3 Å². The molecule has 2 aromatic carbocycles. The quantitative estimate of drug-likeness (QED) is 0.654. The number of carbonyl (C=O) groups is 1. The fourth-order valence-electron chi connectivity index (χ4n) is 3.98. The first kappa shape index (κ1) is 21.6. The molecule has 1 amide bonds. The summed E-state index contributed by atoms with van der Waals surface area (Å²) in [4.78, 5) is 14.3. The summed E-state index contributed by atoms with van der Waals surface area (Å²) in [6, 6.07) is 19.1. The van der Waals surface area contributed by atoms with E-state index < -0.39 is 10.0 Å². The minimum absolute atomic E-state index is 0.0372. The second-order valence-electron chi connectivity index (χ2n) is 8.24. The summed E-state index contributed by atoms with van der Waals surface area (Å²) in [6.07, 6.45) is 2.06. The van der Waals surface area contributed by atoms with Gasteiger partial charge in [-0.25, -0.2) is 13.2 Å². The van der Waals surface area contributed by atoms with Gasteiger partial charge in [-0.1, -0.05) is 48.5 Å². The topological polar surface area (TPSA) is 87.7 Å². The van der Waals surface area contributed by atoms with Crippen LogP contribution in [-0.2, 0) is 14.8 Å². The van der Waals surface area contributed by atoms with Gasteiger partial charge >= 0.3 is 6.09 Å². The lowest BCUT2D eigenvalue weighted by Gasteiger charge is -2.32. The fraction of sp³-hybridized carbons (Fsp3) is 0.435. The van der Waals surface area contributed by atoms with Crippen molar-refractivity contribution in [3.63, 3.8) is 0 Å². The van der Waals surface area contributed by atoms with Gasteiger partial charge in [-0.2, -0.15) is 0 Å². The fourth-order valence-corrected chi connectivity index (χ4v) is 5.07. The Bertz CT molecular complexity index is 961. The third-order valence-electron chi connectivity index (χ3n) is 5.85. The summed E-state index contributed by atoms with van der Waals surface area (Å²) in [6.45, 7) is 1.98. The molecule has 2 fully saturated rings. The van der Waals surface area contributed by atoms with Gasteiger partial charge in [-0.3, -0.25) is 4.72 Å². The molecule has 2 atom stereocenters. The number of carbonyl (C=O) groups excluding carboxylic acids is 1. The van der Waals surface area contributed by atoms with Gasteiger partial charge in [0.2, 0.25) is 10.0 Å². The molecule has 0 spiro atoms. The molecule has 166 valence electrons. The Balaban J connectivity index is 1.14. The van der Waals surface area contributed by atoms with Crippen molar-refractivity contribution >= 4 is 21.8 Å². The Morgan fingerprint density at radius 2 is 1.65 bits per heavy atom. The molecule has 1 saturated heterocycles. The number of anilines is 1. The Morgan fingerprint density at radius 1 is 1.00 bits per heavy atom. The number of para-hydroxylation sites is 1. The van der Waals surface area contributed by atoms with E-state index in [0.29, 0.717) is 18.2 Å². The first-order valence-corrected chi connectivity index (χ1v) is 12.4. The monoisotopic (exact) mass is 443 g/mol. The van der Waals surface area contributed by atoms with Gasteiger partial charge in [0, 0.05) is 37.3 Å². The summed E-state index contributed by atoms with van der Waals surface area (Å²) >= 11 is 0. The normalized spacial score (nSPS) is 21.9. The molecule has 2 N–H and O–H groups in total. The number of hydrogen-bond donors (Lipinski definition) is 2. The Morgan fingerprint density at radius 3 is 2.32 bits per heavy atom. The van der Waals surface area contributed by atoms with Gasteiger partial charge in [0.15, 0.2) is 0 Å². The number of nitrogens with one attached hydrogen (secondary N) is 2. The van der Waals surface area contributed by atoms with E-state index in [1.165, 1.54) is 5.56 Å². The molecular formula is C23H29N3O4S. The van der Waals surface area contributed by atoms with Crippen LogP contribution < -0.4 is 10.0 Å². The molecule has 4 rings (SSSR count). The van der Waals surface area contributed by atoms with Gasteiger partial charge in [-0.15, -0.1) is 0 Å². The van der Waals surface area contributed by atoms with Crippen molar-refractivity contribution in [1.29, 1.82) is 0 Å². The highest BCUT2D eigenvalue weighted by Gasteiger charge is 2.42. The number of alkyl carbamates (subject to hydrolysis) is 1. The first-order valence-electron chi connectivity index (χ1n) is 10.8. The summed E-state index contributed by atoms with van der Waals surface area (Å²) in [5, 5.41) is 2.97. The second kappa shape index (κ2) is 9.70. The minimum atomic E-state index is -3.38. The predicted molar refractivity (Wildman–Crippen MR) is 121 cm³/mol. The summed E-state index contributed by atoms with van der Waals surface area (Å²) in [5.74, 6) is 0.352. The largest absolute Gasteiger partial charge is 0.446 e. The first-order chi connectivity index (χ1) is 15.0. The highest BCUT2D eigenvalue weighted by molar-refractivity contribution is 7.92. The van der Waals surface area contributed by atoms with E-state index in [1.54, 1.807) is 24.3 Å². The number of piperidine rings is 1. The molecular weight excluding hydrogens is 414 g/mol. The number of ether oxygens (including phenoxy) is 1. The minimum Gasteiger partial charge on any atom is -0.446 e. The lowest BCUT2D eigenvalue weighted by Crippen LogP contribution is -2.46. The SMILES string of the molecule is O=C(NC1CCN(CCS(=O)(=O)Nc2ccccc2)CC1)O[C@@H]1C[C@H]1c1ccccc1. The number of sulfonamides is 1. The van der Waals surface area contributed by atoms with Crippen molar-refractivity contribution in [2.24, 2.45) is 0 Å². The van der Waals surface area contributed by atoms with Crippen LogP contribution in [-0.4, -0.2) is 56.9 Å². The molecule has 0 bridgehead atoms. The van der Waals surface area contributed by atoms with Crippen LogP contribution in [0.4, 0.5) is 10.5 Å². The van der Waals surface area contributed by atoms with Gasteiger partial charge in [0.05, 0.1) is 5.75 Å². The van der Waals surface area contributed by atoms with Gasteiger partial charge in [0.1, 0.15) is 6.10 Å². The van der Waals surface area contributed by atoms with E-state index in [2.05, 4.69) is 27.1 Å². The van der Waals surface area contributed by atoms with Crippen LogP contribution in [0.1, 0.15) is 30.7 Å². The zero-order valence-corrected chi connectivity index (χ0v) is 18.3. The van der Waals surface area contributed by atoms with E-state index in [9.17, 15) is 13.2 Å². The Kier molecular flexibility index (Phi) is 6.77. The molecule has 7 nitrogen and oxygen atoms in total. The van der Waals surface area contributed by atoms with E-state index in [0.717, 1.165) is 32.4 Å². The third kappa shape index (κ3) is 6.45. The number of hydrogen-bond acceptors (Lipinski definition) is 5. The maximum absolute atomic E-state index is 12.3. The number of nitrogens with zero attached hydrogens (tertiary/aromatic N) is 1. The van der Waals surface area contributed by atoms with E-state index >= 15 is 0 Å². The Hall–Kier alpha value is -2.58. The molecule has 1 saturated carbocycles. The smallest absolute Gasteiger partial charge is 0.407 e. The zero-order chi connectivity index (χ0) is 21.7. The molecule has 1 aliphatic heterocycles. The lowest BCUT2D eigenvalue weighted by molar-refractivity contribution is 0.125. The van der Waals surface area contributed by atoms with Crippen molar-refractivity contribution in [3.8, 4) is 0 Å². The standard InChI is InChI=1S/C23H29N3O4S/c27-23(30-22-17-21(22)18-7-3-1-4-8-18)24-19-11-13-26(14-12-19)15-16-31(28,29)25-20-9-5-2-6-10-20/h1-10,19,21-22,25H,11-17H2,(H,24,27)/t21-,22+/m0/s1. The number of rotatable bonds is 8. The van der Waals surface area contributed by atoms with E-state index in [4.69, 9.17) is 4.74 Å².